The van der Waals surface area contributed by atoms with Crippen molar-refractivity contribution in [1.82, 2.24) is 4.57 Å². The van der Waals surface area contributed by atoms with Crippen LogP contribution < -0.4 is 21.2 Å². The molecule has 0 aliphatic carbocycles. The van der Waals surface area contributed by atoms with Crippen molar-refractivity contribution < 1.29 is 10.7 Å². The standard InChI is InChI=1S/C21H21N5O/c22-12-15-6-1-2-7-16(15)13-26-20(27)18-9-3-4-10-19(18)24-21(26)25-11-5-8-17(23)14-25/h1-4,6-7,9-10,17H,5,8,11,13-14,23H2/p+2/t17-/m1/s1. The molecule has 4 rings (SSSR count). The van der Waals surface area contributed by atoms with Crippen LogP contribution in [0.5, 0.6) is 0 Å². The first-order valence-electron chi connectivity index (χ1n) is 9.28. The van der Waals surface area contributed by atoms with Crippen LogP contribution in [0.25, 0.3) is 10.9 Å². The molecule has 3 aromatic rings. The van der Waals surface area contributed by atoms with Gasteiger partial charge >= 0.3 is 11.5 Å². The van der Waals surface area contributed by atoms with E-state index < -0.39 is 0 Å². The maximum atomic E-state index is 13.3. The van der Waals surface area contributed by atoms with Gasteiger partial charge in [0.15, 0.2) is 0 Å². The van der Waals surface area contributed by atoms with Crippen molar-refractivity contribution in [3.8, 4) is 6.07 Å². The zero-order chi connectivity index (χ0) is 18.8. The lowest BCUT2D eigenvalue weighted by Gasteiger charge is -2.26. The molecule has 1 fully saturated rings. The summed E-state index contributed by atoms with van der Waals surface area (Å²) in [7, 11) is 0. The first-order valence-corrected chi connectivity index (χ1v) is 9.28. The molecule has 136 valence electrons. The van der Waals surface area contributed by atoms with Crippen LogP contribution in [0.3, 0.4) is 0 Å². The molecule has 6 heteroatoms. The third kappa shape index (κ3) is 3.29. The van der Waals surface area contributed by atoms with E-state index in [4.69, 9.17) is 0 Å². The van der Waals surface area contributed by atoms with Gasteiger partial charge in [-0.05, 0) is 24.6 Å². The average Bonchev–Trinajstić information content (AvgIpc) is 2.70. The minimum Gasteiger partial charge on any atom is -0.352 e. The van der Waals surface area contributed by atoms with Crippen LogP contribution in [0.15, 0.2) is 53.3 Å². The van der Waals surface area contributed by atoms with Gasteiger partial charge in [0.05, 0.1) is 23.6 Å². The number of aromatic amines is 1. The molecule has 6 nitrogen and oxygen atoms in total. The Kier molecular flexibility index (Phi) is 4.61. The van der Waals surface area contributed by atoms with Gasteiger partial charge in [0, 0.05) is 12.0 Å². The van der Waals surface area contributed by atoms with Gasteiger partial charge in [-0.15, -0.1) is 0 Å². The van der Waals surface area contributed by atoms with Gasteiger partial charge in [0.1, 0.15) is 24.6 Å². The highest BCUT2D eigenvalue weighted by atomic mass is 16.1. The molecule has 1 aliphatic heterocycles. The van der Waals surface area contributed by atoms with E-state index in [9.17, 15) is 10.1 Å². The predicted molar refractivity (Wildman–Crippen MR) is 103 cm³/mol. The molecule has 1 aliphatic rings. The van der Waals surface area contributed by atoms with E-state index in [1.807, 2.05) is 42.5 Å². The fourth-order valence-corrected chi connectivity index (χ4v) is 3.80. The van der Waals surface area contributed by atoms with E-state index in [0.717, 1.165) is 43.0 Å². The van der Waals surface area contributed by atoms with Crippen molar-refractivity contribution in [2.75, 3.05) is 18.0 Å². The molecule has 0 bridgehead atoms. The fourth-order valence-electron chi connectivity index (χ4n) is 3.80. The Morgan fingerprint density at radius 2 is 1.96 bits per heavy atom. The summed E-state index contributed by atoms with van der Waals surface area (Å²) in [5, 5.41) is 10.1. The van der Waals surface area contributed by atoms with Gasteiger partial charge in [-0.3, -0.25) is 9.69 Å². The molecule has 4 N–H and O–H groups in total. The lowest BCUT2D eigenvalue weighted by Crippen LogP contribution is -2.67. The number of H-pyrrole nitrogens is 1. The number of anilines is 1. The number of quaternary nitrogens is 1. The van der Waals surface area contributed by atoms with Crippen molar-refractivity contribution >= 4 is 16.9 Å². The lowest BCUT2D eigenvalue weighted by atomic mass is 10.1. The van der Waals surface area contributed by atoms with Crippen LogP contribution in [-0.2, 0) is 6.54 Å². The number of nitrogens with one attached hydrogen (secondary N) is 1. The Morgan fingerprint density at radius 1 is 1.19 bits per heavy atom. The maximum absolute atomic E-state index is 13.3. The summed E-state index contributed by atoms with van der Waals surface area (Å²) in [5.74, 6) is 0.791. The fraction of sp³-hybridized carbons (Fsp3) is 0.286. The van der Waals surface area contributed by atoms with E-state index >= 15 is 0 Å². The van der Waals surface area contributed by atoms with Crippen molar-refractivity contribution in [2.24, 2.45) is 0 Å². The van der Waals surface area contributed by atoms with E-state index in [-0.39, 0.29) is 5.56 Å². The molecule has 0 radical (unpaired) electrons. The van der Waals surface area contributed by atoms with Crippen LogP contribution >= 0.6 is 0 Å². The number of nitriles is 1. The SMILES string of the molecule is N#Cc1ccccc1Cn1c(N2CCC[C@@H]([NH3+])C2)[nH+]c2ccccc2c1=O. The van der Waals surface area contributed by atoms with Gasteiger partial charge in [-0.1, -0.05) is 30.3 Å². The summed E-state index contributed by atoms with van der Waals surface area (Å²) < 4.78 is 1.76. The highest BCUT2D eigenvalue weighted by molar-refractivity contribution is 5.74. The quantitative estimate of drug-likeness (QED) is 0.753. The maximum Gasteiger partial charge on any atom is 0.361 e. The molecular weight excluding hydrogens is 338 g/mol. The molecule has 1 saturated heterocycles. The molecule has 2 aromatic carbocycles. The van der Waals surface area contributed by atoms with Gasteiger partial charge in [-0.25, -0.2) is 4.98 Å². The average molecular weight is 361 g/mol. The van der Waals surface area contributed by atoms with Crippen molar-refractivity contribution in [1.29, 1.82) is 5.26 Å². The number of para-hydroxylation sites is 1. The number of fused-ring (bicyclic) bond motifs is 1. The zero-order valence-corrected chi connectivity index (χ0v) is 15.2. The Hall–Kier alpha value is -3.17. The summed E-state index contributed by atoms with van der Waals surface area (Å²) in [6.45, 7) is 2.06. The van der Waals surface area contributed by atoms with E-state index in [1.54, 1.807) is 10.6 Å². The Balaban J connectivity index is 1.89. The Morgan fingerprint density at radius 3 is 2.78 bits per heavy atom. The molecule has 0 unspecified atom stereocenters. The number of hydrogen-bond acceptors (Lipinski definition) is 3. The number of piperidine rings is 1. The van der Waals surface area contributed by atoms with Crippen molar-refractivity contribution in [3.63, 3.8) is 0 Å². The largest absolute Gasteiger partial charge is 0.361 e. The van der Waals surface area contributed by atoms with Crippen LogP contribution in [0.1, 0.15) is 24.0 Å². The molecular formula is C21H23N5O+2. The second kappa shape index (κ2) is 7.22. The summed E-state index contributed by atoms with van der Waals surface area (Å²) in [4.78, 5) is 19.0. The normalized spacial score (nSPS) is 17.0. The van der Waals surface area contributed by atoms with Gasteiger partial charge in [0.2, 0.25) is 0 Å². The predicted octanol–water partition coefficient (Wildman–Crippen LogP) is 0.946. The number of nitrogens with zero attached hydrogens (tertiary/aromatic N) is 3. The molecule has 0 amide bonds. The second-order valence-electron chi connectivity index (χ2n) is 7.11. The number of rotatable bonds is 3. The molecule has 2 heterocycles. The summed E-state index contributed by atoms with van der Waals surface area (Å²) >= 11 is 0. The molecule has 0 saturated carbocycles. The highest BCUT2D eigenvalue weighted by Crippen LogP contribution is 2.18. The summed E-state index contributed by atoms with van der Waals surface area (Å²) in [5.41, 5.74) is 6.43. The van der Waals surface area contributed by atoms with Gasteiger partial charge in [0.25, 0.3) is 0 Å². The highest BCUT2D eigenvalue weighted by Gasteiger charge is 2.30. The van der Waals surface area contributed by atoms with E-state index in [0.29, 0.717) is 23.5 Å². The van der Waals surface area contributed by atoms with Crippen molar-refractivity contribution in [3.05, 3.63) is 70.0 Å². The van der Waals surface area contributed by atoms with E-state index in [2.05, 4.69) is 21.7 Å². The smallest absolute Gasteiger partial charge is 0.352 e. The van der Waals surface area contributed by atoms with Crippen LogP contribution in [-0.4, -0.2) is 23.7 Å². The van der Waals surface area contributed by atoms with Crippen molar-refractivity contribution in [2.45, 2.75) is 25.4 Å². The third-order valence-corrected chi connectivity index (χ3v) is 5.19. The van der Waals surface area contributed by atoms with Crippen LogP contribution in [0, 0.1) is 11.3 Å². The number of hydrogen-bond donors (Lipinski definition) is 1. The first-order chi connectivity index (χ1) is 13.2. The molecule has 1 atom stereocenters. The minimum absolute atomic E-state index is 0.0433. The molecule has 1 aromatic heterocycles. The van der Waals surface area contributed by atoms with Crippen LogP contribution in [0.2, 0.25) is 0 Å². The summed E-state index contributed by atoms with van der Waals surface area (Å²) in [6.07, 6.45) is 2.16. The van der Waals surface area contributed by atoms with Crippen LogP contribution in [0.4, 0.5) is 5.95 Å². The van der Waals surface area contributed by atoms with Gasteiger partial charge in [-0.2, -0.15) is 9.83 Å². The lowest BCUT2D eigenvalue weighted by molar-refractivity contribution is -0.420. The summed E-state index contributed by atoms with van der Waals surface area (Å²) in [6, 6.07) is 17.6. The zero-order valence-electron chi connectivity index (χ0n) is 15.2. The monoisotopic (exact) mass is 361 g/mol. The first kappa shape index (κ1) is 17.3. The Labute approximate surface area is 157 Å². The number of aromatic nitrogens is 2. The van der Waals surface area contributed by atoms with E-state index in [1.165, 1.54) is 0 Å². The minimum atomic E-state index is -0.0433. The number of benzene rings is 2. The molecule has 27 heavy (non-hydrogen) atoms. The topological polar surface area (TPSA) is 90.8 Å². The molecule has 0 spiro atoms. The third-order valence-electron chi connectivity index (χ3n) is 5.19. The van der Waals surface area contributed by atoms with Gasteiger partial charge < -0.3 is 5.73 Å². The second-order valence-corrected chi connectivity index (χ2v) is 7.11. The Bertz CT molecular complexity index is 1080.